The van der Waals surface area contributed by atoms with Crippen LogP contribution >= 0.6 is 0 Å². The molecule has 0 saturated heterocycles. The minimum absolute atomic E-state index is 0.0198. The van der Waals surface area contributed by atoms with E-state index in [-0.39, 0.29) is 23.7 Å². The van der Waals surface area contributed by atoms with Crippen LogP contribution in [0, 0.1) is 11.8 Å². The van der Waals surface area contributed by atoms with Crippen molar-refractivity contribution >= 4 is 22.6 Å². The van der Waals surface area contributed by atoms with Crippen LogP contribution in [0.5, 0.6) is 0 Å². The number of benzene rings is 1. The summed E-state index contributed by atoms with van der Waals surface area (Å²) in [5.74, 6) is 0.152. The molecule has 0 aliphatic rings. The smallest absolute Gasteiger partial charge is 0.223 e. The molecule has 0 spiro atoms. The normalized spacial score (nSPS) is 14.0. The summed E-state index contributed by atoms with van der Waals surface area (Å²) in [4.78, 5) is 27.4. The van der Waals surface area contributed by atoms with Gasteiger partial charge in [-0.25, -0.2) is 0 Å². The number of aromatic amines is 1. The van der Waals surface area contributed by atoms with E-state index < -0.39 is 0 Å². The largest absolute Gasteiger partial charge is 0.361 e. The van der Waals surface area contributed by atoms with Gasteiger partial charge >= 0.3 is 0 Å². The molecule has 2 atom stereocenters. The van der Waals surface area contributed by atoms with Gasteiger partial charge in [0, 0.05) is 23.0 Å². The molecule has 0 aliphatic carbocycles. The Labute approximate surface area is 137 Å². The van der Waals surface area contributed by atoms with Gasteiger partial charge in [0.25, 0.3) is 0 Å². The molecule has 0 radical (unpaired) electrons. The van der Waals surface area contributed by atoms with Crippen molar-refractivity contribution in [2.45, 2.75) is 46.6 Å². The third kappa shape index (κ3) is 4.44. The molecule has 1 heterocycles. The summed E-state index contributed by atoms with van der Waals surface area (Å²) in [5.41, 5.74) is 2.21. The van der Waals surface area contributed by atoms with Crippen molar-refractivity contribution in [3.05, 3.63) is 36.0 Å². The summed E-state index contributed by atoms with van der Waals surface area (Å²) in [5, 5.41) is 4.06. The fourth-order valence-corrected chi connectivity index (χ4v) is 2.83. The van der Waals surface area contributed by atoms with Gasteiger partial charge < -0.3 is 10.3 Å². The quantitative estimate of drug-likeness (QED) is 0.822. The molecule has 4 nitrogen and oxygen atoms in total. The lowest BCUT2D eigenvalue weighted by atomic mass is 9.97. The summed E-state index contributed by atoms with van der Waals surface area (Å²) in [6.07, 6.45) is 3.30. The van der Waals surface area contributed by atoms with Crippen molar-refractivity contribution in [1.82, 2.24) is 10.3 Å². The third-order valence-corrected chi connectivity index (χ3v) is 4.16. The molecule has 2 aromatic rings. The molecule has 0 bridgehead atoms. The Morgan fingerprint density at radius 3 is 2.52 bits per heavy atom. The Hall–Kier alpha value is -2.10. The minimum atomic E-state index is -0.382. The van der Waals surface area contributed by atoms with Crippen LogP contribution in [0.15, 0.2) is 30.5 Å². The topological polar surface area (TPSA) is 62.0 Å². The van der Waals surface area contributed by atoms with Gasteiger partial charge in [-0.1, -0.05) is 39.0 Å². The number of hydrogen-bond donors (Lipinski definition) is 2. The zero-order chi connectivity index (χ0) is 17.0. The molecule has 1 amide bonds. The second-order valence-corrected chi connectivity index (χ2v) is 6.77. The summed E-state index contributed by atoms with van der Waals surface area (Å²) < 4.78 is 0. The maximum atomic E-state index is 12.4. The van der Waals surface area contributed by atoms with Gasteiger partial charge in [-0.15, -0.1) is 0 Å². The molecule has 1 aromatic heterocycles. The highest BCUT2D eigenvalue weighted by atomic mass is 16.2. The number of para-hydroxylation sites is 1. The Morgan fingerprint density at radius 1 is 1.17 bits per heavy atom. The Bertz CT molecular complexity index is 687. The Morgan fingerprint density at radius 2 is 1.87 bits per heavy atom. The highest BCUT2D eigenvalue weighted by molar-refractivity contribution is 5.89. The van der Waals surface area contributed by atoms with Crippen LogP contribution in [0.3, 0.4) is 0 Å². The maximum Gasteiger partial charge on any atom is 0.223 e. The second kappa shape index (κ2) is 7.44. The monoisotopic (exact) mass is 314 g/mol. The van der Waals surface area contributed by atoms with Gasteiger partial charge in [-0.3, -0.25) is 9.59 Å². The average molecular weight is 314 g/mol. The van der Waals surface area contributed by atoms with Gasteiger partial charge in [-0.05, 0) is 37.3 Å². The number of rotatable bonds is 7. The first-order valence-electron chi connectivity index (χ1n) is 8.24. The van der Waals surface area contributed by atoms with Crippen LogP contribution in [0.2, 0.25) is 0 Å². The molecule has 2 rings (SSSR count). The van der Waals surface area contributed by atoms with Crippen LogP contribution in [-0.2, 0) is 16.0 Å². The average Bonchev–Trinajstić information content (AvgIpc) is 2.89. The fourth-order valence-electron chi connectivity index (χ4n) is 2.83. The summed E-state index contributed by atoms with van der Waals surface area (Å²) in [6.45, 7) is 7.55. The predicted molar refractivity (Wildman–Crippen MR) is 93.2 cm³/mol. The van der Waals surface area contributed by atoms with E-state index in [4.69, 9.17) is 0 Å². The number of carbonyl (C=O) groups is 2. The zero-order valence-electron chi connectivity index (χ0n) is 14.3. The first kappa shape index (κ1) is 17.3. The van der Waals surface area contributed by atoms with Crippen molar-refractivity contribution in [2.75, 3.05) is 0 Å². The van der Waals surface area contributed by atoms with Crippen molar-refractivity contribution in [3.63, 3.8) is 0 Å². The molecule has 0 saturated carbocycles. The number of carbonyl (C=O) groups excluding carboxylic acids is 2. The van der Waals surface area contributed by atoms with E-state index in [2.05, 4.69) is 30.2 Å². The van der Waals surface area contributed by atoms with Crippen LogP contribution in [0.1, 0.15) is 39.7 Å². The molecule has 2 N–H and O–H groups in total. The van der Waals surface area contributed by atoms with Crippen molar-refractivity contribution in [3.8, 4) is 0 Å². The Balaban J connectivity index is 2.03. The van der Waals surface area contributed by atoms with E-state index in [1.54, 1.807) is 0 Å². The molecule has 0 unspecified atom stereocenters. The number of Topliss-reactive ketones (excluding diaryl/α,β-unsaturated/α-hetero) is 1. The van der Waals surface area contributed by atoms with Crippen molar-refractivity contribution < 1.29 is 9.59 Å². The number of ketones is 1. The standard InChI is InChI=1S/C19H26N2O2/c1-12(2)9-18(14(4)22)21-19(23)13(3)10-15-11-20-17-8-6-5-7-16(15)17/h5-8,11-13,18,20H,9-10H2,1-4H3,(H,21,23)/t13-,18-/m0/s1. The highest BCUT2D eigenvalue weighted by Crippen LogP contribution is 2.21. The highest BCUT2D eigenvalue weighted by Gasteiger charge is 2.22. The molecule has 0 fully saturated rings. The molecular formula is C19H26N2O2. The molecular weight excluding hydrogens is 288 g/mol. The SMILES string of the molecule is CC(=O)[C@H](CC(C)C)NC(=O)[C@@H](C)Cc1c[nH]c2ccccc12. The summed E-state index contributed by atoms with van der Waals surface area (Å²) >= 11 is 0. The van der Waals surface area contributed by atoms with Gasteiger partial charge in [0.2, 0.25) is 5.91 Å². The van der Waals surface area contributed by atoms with Gasteiger partial charge in [0.1, 0.15) is 0 Å². The number of nitrogens with one attached hydrogen (secondary N) is 2. The van der Waals surface area contributed by atoms with E-state index in [9.17, 15) is 9.59 Å². The number of fused-ring (bicyclic) bond motifs is 1. The van der Waals surface area contributed by atoms with Crippen LogP contribution < -0.4 is 5.32 Å². The van der Waals surface area contributed by atoms with E-state index in [1.807, 2.05) is 31.3 Å². The number of H-pyrrole nitrogens is 1. The predicted octanol–water partition coefficient (Wildman–Crippen LogP) is 3.47. The van der Waals surface area contributed by atoms with Gasteiger partial charge in [0.15, 0.2) is 5.78 Å². The minimum Gasteiger partial charge on any atom is -0.361 e. The Kier molecular flexibility index (Phi) is 5.59. The second-order valence-electron chi connectivity index (χ2n) is 6.77. The maximum absolute atomic E-state index is 12.4. The molecule has 0 aliphatic heterocycles. The third-order valence-electron chi connectivity index (χ3n) is 4.16. The first-order valence-corrected chi connectivity index (χ1v) is 8.24. The molecule has 23 heavy (non-hydrogen) atoms. The summed E-state index contributed by atoms with van der Waals surface area (Å²) in [7, 11) is 0. The van der Waals surface area contributed by atoms with Crippen LogP contribution in [-0.4, -0.2) is 22.7 Å². The van der Waals surface area contributed by atoms with Crippen LogP contribution in [0.25, 0.3) is 10.9 Å². The van der Waals surface area contributed by atoms with Crippen molar-refractivity contribution in [1.29, 1.82) is 0 Å². The molecule has 1 aromatic carbocycles. The fraction of sp³-hybridized carbons (Fsp3) is 0.474. The first-order chi connectivity index (χ1) is 10.9. The van der Waals surface area contributed by atoms with Crippen LogP contribution in [0.4, 0.5) is 0 Å². The van der Waals surface area contributed by atoms with Gasteiger partial charge in [-0.2, -0.15) is 0 Å². The van der Waals surface area contributed by atoms with Gasteiger partial charge in [0.05, 0.1) is 6.04 Å². The summed E-state index contributed by atoms with van der Waals surface area (Å²) in [6, 6.07) is 7.69. The number of hydrogen-bond acceptors (Lipinski definition) is 2. The van der Waals surface area contributed by atoms with E-state index in [0.29, 0.717) is 18.8 Å². The van der Waals surface area contributed by atoms with E-state index >= 15 is 0 Å². The lowest BCUT2D eigenvalue weighted by Crippen LogP contribution is -2.43. The van der Waals surface area contributed by atoms with E-state index in [1.165, 1.54) is 6.92 Å². The number of aromatic nitrogens is 1. The van der Waals surface area contributed by atoms with E-state index in [0.717, 1.165) is 16.5 Å². The lowest BCUT2D eigenvalue weighted by molar-refractivity contribution is -0.129. The zero-order valence-corrected chi connectivity index (χ0v) is 14.3. The molecule has 124 valence electrons. The van der Waals surface area contributed by atoms with Crippen molar-refractivity contribution in [2.24, 2.45) is 11.8 Å². The molecule has 4 heteroatoms. The lowest BCUT2D eigenvalue weighted by Gasteiger charge is -2.20. The number of amides is 1.